The van der Waals surface area contributed by atoms with Gasteiger partial charge in [-0.2, -0.15) is 4.98 Å². The molecule has 0 saturated carbocycles. The Bertz CT molecular complexity index is 1410. The molecule has 0 unspecified atom stereocenters. The van der Waals surface area contributed by atoms with Gasteiger partial charge in [0.25, 0.3) is 5.56 Å². The molecule has 1 aromatic carbocycles. The molecule has 12 nitrogen and oxygen atoms in total. The van der Waals surface area contributed by atoms with Crippen LogP contribution in [0.4, 0.5) is 27.0 Å². The van der Waals surface area contributed by atoms with Gasteiger partial charge in [-0.15, -0.1) is 0 Å². The van der Waals surface area contributed by atoms with Gasteiger partial charge in [-0.1, -0.05) is 12.1 Å². The van der Waals surface area contributed by atoms with Crippen molar-refractivity contribution in [1.29, 1.82) is 0 Å². The van der Waals surface area contributed by atoms with Crippen LogP contribution in [0.15, 0.2) is 41.3 Å². The number of alkyl carbamates (subject to hydrolysis) is 1. The Morgan fingerprint density at radius 1 is 1.05 bits per heavy atom. The zero-order valence-corrected chi connectivity index (χ0v) is 24.6. The first-order valence-corrected chi connectivity index (χ1v) is 13.7. The van der Waals surface area contributed by atoms with Crippen LogP contribution in [-0.4, -0.2) is 62.8 Å². The van der Waals surface area contributed by atoms with Crippen LogP contribution in [0.3, 0.4) is 0 Å². The maximum Gasteiger partial charge on any atom is 0.407 e. The molecule has 2 aromatic heterocycles. The van der Waals surface area contributed by atoms with Crippen molar-refractivity contribution in [2.24, 2.45) is 0 Å². The second kappa shape index (κ2) is 13.3. The highest BCUT2D eigenvalue weighted by Crippen LogP contribution is 2.24. The van der Waals surface area contributed by atoms with Crippen LogP contribution in [-0.2, 0) is 11.2 Å². The molecule has 222 valence electrons. The summed E-state index contributed by atoms with van der Waals surface area (Å²) in [5, 5.41) is 21.0. The van der Waals surface area contributed by atoms with E-state index in [1.165, 1.54) is 11.1 Å². The lowest BCUT2D eigenvalue weighted by molar-refractivity contribution is -0.270. The van der Waals surface area contributed by atoms with Gasteiger partial charge in [-0.05, 0) is 84.6 Å². The summed E-state index contributed by atoms with van der Waals surface area (Å²) < 4.78 is 5.23. The number of benzene rings is 1. The zero-order valence-electron chi connectivity index (χ0n) is 24.6. The summed E-state index contributed by atoms with van der Waals surface area (Å²) in [6.07, 6.45) is 1.76. The molecule has 2 amide bonds. The normalized spacial score (nSPS) is 11.7. The fraction of sp³-hybridized carbons (Fsp3) is 0.483. The van der Waals surface area contributed by atoms with Crippen molar-refractivity contribution in [2.45, 2.75) is 71.9 Å². The fourth-order valence-electron chi connectivity index (χ4n) is 4.14. The minimum atomic E-state index is -1.18. The summed E-state index contributed by atoms with van der Waals surface area (Å²) in [6.45, 7) is 12.2. The van der Waals surface area contributed by atoms with Crippen molar-refractivity contribution in [2.75, 3.05) is 30.3 Å². The van der Waals surface area contributed by atoms with E-state index in [2.05, 4.69) is 30.9 Å². The average molecular weight is 567 g/mol. The minimum Gasteiger partial charge on any atom is -0.530 e. The largest absolute Gasteiger partial charge is 0.530 e. The second-order valence-corrected chi connectivity index (χ2v) is 11.7. The number of carbonyl (C=O) groups excluding carboxylic acids is 2. The topological polar surface area (TPSA) is 164 Å². The van der Waals surface area contributed by atoms with E-state index < -0.39 is 23.3 Å². The Kier molecular flexibility index (Phi) is 10.1. The number of hydrogen-bond donors (Lipinski definition) is 4. The summed E-state index contributed by atoms with van der Waals surface area (Å²) in [6, 6.07) is 9.37. The molecule has 4 N–H and O–H groups in total. The summed E-state index contributed by atoms with van der Waals surface area (Å²) in [5.74, 6) is 0.683. The number of hydrogen-bond acceptors (Lipinski definition) is 9. The van der Waals surface area contributed by atoms with E-state index in [1.807, 2.05) is 45.0 Å². The Morgan fingerprint density at radius 3 is 2.49 bits per heavy atom. The summed E-state index contributed by atoms with van der Waals surface area (Å²) in [7, 11) is 0. The lowest BCUT2D eigenvalue weighted by Gasteiger charge is -2.38. The molecule has 0 spiro atoms. The number of rotatable bonds is 11. The van der Waals surface area contributed by atoms with Gasteiger partial charge < -0.3 is 40.5 Å². The molecule has 0 atom stereocenters. The number of carboxylic acid groups (broad SMARTS) is 1. The van der Waals surface area contributed by atoms with Gasteiger partial charge in [-0.25, -0.2) is 9.78 Å². The van der Waals surface area contributed by atoms with E-state index in [9.17, 15) is 19.5 Å². The SMILES string of the molecule is CC(C)(C)OC(=O)NCCCNc1nc(Nc2cccc(CCCN(C(=O)[O-])C(C)(C)C)c2)c2c(=O)[nH]ccc2n1. The number of fused-ring (bicyclic) bond motifs is 1. The van der Waals surface area contributed by atoms with Gasteiger partial charge in [0.2, 0.25) is 5.95 Å². The number of aromatic nitrogens is 3. The smallest absolute Gasteiger partial charge is 0.407 e. The lowest BCUT2D eigenvalue weighted by Crippen LogP contribution is -2.52. The molecule has 2 heterocycles. The standard InChI is InChI=1S/C29H41N7O5/c1-28(2,3)36(27(39)40)17-8-11-19-10-7-12-20(18-19)33-23-22-21(13-16-30-24(22)37)34-25(35-23)31-14-9-15-32-26(38)41-29(4,5)6/h7,10,12-13,16,18H,8-9,11,14-15,17H2,1-6H3,(H,30,37)(H,32,38)(H,39,40)(H2,31,33,34,35)/p-1. The molecule has 0 aliphatic heterocycles. The molecule has 0 fully saturated rings. The number of pyridine rings is 1. The number of aryl methyl sites for hydroxylation is 1. The third kappa shape index (κ3) is 9.66. The first-order chi connectivity index (χ1) is 19.2. The van der Waals surface area contributed by atoms with Crippen molar-refractivity contribution in [1.82, 2.24) is 25.2 Å². The Morgan fingerprint density at radius 2 is 1.80 bits per heavy atom. The molecule has 0 aliphatic carbocycles. The highest BCUT2D eigenvalue weighted by molar-refractivity contribution is 5.90. The summed E-state index contributed by atoms with van der Waals surface area (Å²) >= 11 is 0. The molecule has 0 aliphatic rings. The number of amides is 2. The van der Waals surface area contributed by atoms with Gasteiger partial charge in [0.05, 0.1) is 5.52 Å². The van der Waals surface area contributed by atoms with Crippen LogP contribution in [0.1, 0.15) is 59.9 Å². The van der Waals surface area contributed by atoms with Gasteiger partial charge in [-0.3, -0.25) is 4.79 Å². The van der Waals surface area contributed by atoms with E-state index in [0.29, 0.717) is 61.6 Å². The summed E-state index contributed by atoms with van der Waals surface area (Å²) in [4.78, 5) is 49.0. The number of ether oxygens (including phenoxy) is 1. The number of aromatic amines is 1. The van der Waals surface area contributed by atoms with Crippen molar-refractivity contribution in [3.63, 3.8) is 0 Å². The minimum absolute atomic E-state index is 0.321. The van der Waals surface area contributed by atoms with Crippen LogP contribution in [0, 0.1) is 0 Å². The highest BCUT2D eigenvalue weighted by Gasteiger charge is 2.20. The molecule has 0 bridgehead atoms. The molecular weight excluding hydrogens is 526 g/mol. The van der Waals surface area contributed by atoms with Crippen LogP contribution in [0.2, 0.25) is 0 Å². The highest BCUT2D eigenvalue weighted by atomic mass is 16.6. The molecule has 0 saturated heterocycles. The maximum atomic E-state index is 12.7. The Hall–Kier alpha value is -4.35. The van der Waals surface area contributed by atoms with Crippen molar-refractivity contribution in [3.05, 3.63) is 52.4 Å². The first-order valence-electron chi connectivity index (χ1n) is 13.7. The van der Waals surface area contributed by atoms with E-state index in [1.54, 1.807) is 26.8 Å². The van der Waals surface area contributed by atoms with E-state index >= 15 is 0 Å². The number of anilines is 3. The fourth-order valence-corrected chi connectivity index (χ4v) is 4.14. The average Bonchev–Trinajstić information content (AvgIpc) is 2.84. The molecule has 0 radical (unpaired) electrons. The third-order valence-electron chi connectivity index (χ3n) is 5.99. The zero-order chi connectivity index (χ0) is 30.2. The van der Waals surface area contributed by atoms with Crippen LogP contribution in [0.5, 0.6) is 0 Å². The van der Waals surface area contributed by atoms with Gasteiger partial charge >= 0.3 is 6.09 Å². The van der Waals surface area contributed by atoms with E-state index in [4.69, 9.17) is 4.74 Å². The molecule has 12 heteroatoms. The Balaban J connectivity index is 1.68. The number of nitrogens with zero attached hydrogens (tertiary/aromatic N) is 3. The molecule has 3 rings (SSSR count). The van der Waals surface area contributed by atoms with Crippen molar-refractivity contribution >= 4 is 40.5 Å². The van der Waals surface area contributed by atoms with E-state index in [-0.39, 0.29) is 5.56 Å². The predicted molar refractivity (Wildman–Crippen MR) is 157 cm³/mol. The maximum absolute atomic E-state index is 12.7. The van der Waals surface area contributed by atoms with Crippen molar-refractivity contribution < 1.29 is 19.4 Å². The van der Waals surface area contributed by atoms with E-state index in [0.717, 1.165) is 11.3 Å². The van der Waals surface area contributed by atoms with Crippen LogP contribution in [0.25, 0.3) is 10.9 Å². The quantitative estimate of drug-likeness (QED) is 0.253. The number of nitrogens with one attached hydrogen (secondary N) is 4. The number of H-pyrrole nitrogens is 1. The molecular formula is C29H40N7O5-. The summed E-state index contributed by atoms with van der Waals surface area (Å²) in [5.41, 5.74) is 0.786. The number of carbonyl (C=O) groups is 2. The Labute approximate surface area is 239 Å². The first kappa shape index (κ1) is 31.2. The third-order valence-corrected chi connectivity index (χ3v) is 5.99. The van der Waals surface area contributed by atoms with Gasteiger partial charge in [0.1, 0.15) is 22.9 Å². The van der Waals surface area contributed by atoms with Gasteiger partial charge in [0.15, 0.2) is 0 Å². The van der Waals surface area contributed by atoms with Crippen molar-refractivity contribution in [3.8, 4) is 0 Å². The molecule has 3 aromatic rings. The molecule has 41 heavy (non-hydrogen) atoms. The second-order valence-electron chi connectivity index (χ2n) is 11.7. The monoisotopic (exact) mass is 566 g/mol. The van der Waals surface area contributed by atoms with Crippen LogP contribution < -0.4 is 26.6 Å². The lowest BCUT2D eigenvalue weighted by atomic mass is 10.0. The predicted octanol–water partition coefficient (Wildman–Crippen LogP) is 3.76. The van der Waals surface area contributed by atoms with Gasteiger partial charge in [0, 0.05) is 37.1 Å². The van der Waals surface area contributed by atoms with Crippen LogP contribution >= 0.6 is 0 Å².